The van der Waals surface area contributed by atoms with Crippen LogP contribution in [-0.4, -0.2) is 36.0 Å². The maximum atomic E-state index is 4.36. The highest BCUT2D eigenvalue weighted by atomic mass is 15.3. The van der Waals surface area contributed by atoms with Crippen molar-refractivity contribution >= 4 is 0 Å². The number of piperazine rings is 1. The van der Waals surface area contributed by atoms with E-state index < -0.39 is 0 Å². The number of rotatable bonds is 6. The lowest BCUT2D eigenvalue weighted by atomic mass is 9.73. The van der Waals surface area contributed by atoms with Crippen molar-refractivity contribution in [2.24, 2.45) is 0 Å². The fourth-order valence-corrected chi connectivity index (χ4v) is 5.39. The predicted molar refractivity (Wildman–Crippen MR) is 122 cm³/mol. The minimum Gasteiger partial charge on any atom is -0.369 e. The van der Waals surface area contributed by atoms with Crippen molar-refractivity contribution in [3.8, 4) is 0 Å². The predicted octanol–water partition coefficient (Wildman–Crippen LogP) is 5.98. The Balaban J connectivity index is 1.87. The second-order valence-corrected chi connectivity index (χ2v) is 8.82. The van der Waals surface area contributed by atoms with Gasteiger partial charge in [0.05, 0.1) is 11.4 Å². The van der Waals surface area contributed by atoms with E-state index in [-0.39, 0.29) is 0 Å². The minimum atomic E-state index is 0.336. The average Bonchev–Trinajstić information content (AvgIpc) is 3.17. The van der Waals surface area contributed by atoms with Crippen molar-refractivity contribution in [2.75, 3.05) is 20.1 Å². The normalized spacial score (nSPS) is 23.5. The van der Waals surface area contributed by atoms with Crippen molar-refractivity contribution in [2.45, 2.75) is 70.8 Å². The number of nitrogens with zero attached hydrogens (tertiary/aromatic N) is 2. The molecule has 1 unspecified atom stereocenters. The first-order valence-electron chi connectivity index (χ1n) is 11.0. The van der Waals surface area contributed by atoms with Crippen LogP contribution in [0.4, 0.5) is 0 Å². The fraction of sp³-hybridized carbons (Fsp3) is 0.538. The second kappa shape index (κ2) is 8.59. The third kappa shape index (κ3) is 3.79. The SMILES string of the molecule is C=C/C=C1/C(=C)N(C)C(C)CN1CCC1(c2cccc(CC)c2C)CCCC1. The molecule has 28 heavy (non-hydrogen) atoms. The molecule has 0 aromatic heterocycles. The van der Waals surface area contributed by atoms with E-state index >= 15 is 0 Å². The average molecular weight is 379 g/mol. The van der Waals surface area contributed by atoms with Gasteiger partial charge < -0.3 is 9.80 Å². The van der Waals surface area contributed by atoms with Gasteiger partial charge in [0.15, 0.2) is 0 Å². The molecular formula is C26H38N2. The maximum Gasteiger partial charge on any atom is 0.0598 e. The lowest BCUT2D eigenvalue weighted by molar-refractivity contribution is 0.173. The highest BCUT2D eigenvalue weighted by Gasteiger charge is 2.38. The first-order chi connectivity index (χ1) is 13.4. The Labute approximate surface area is 172 Å². The van der Waals surface area contributed by atoms with Crippen molar-refractivity contribution in [1.29, 1.82) is 0 Å². The van der Waals surface area contributed by atoms with Gasteiger partial charge in [0.1, 0.15) is 0 Å². The van der Waals surface area contributed by atoms with Crippen LogP contribution >= 0.6 is 0 Å². The largest absolute Gasteiger partial charge is 0.369 e. The molecule has 2 fully saturated rings. The molecule has 1 aliphatic heterocycles. The van der Waals surface area contributed by atoms with E-state index in [0.29, 0.717) is 11.5 Å². The van der Waals surface area contributed by atoms with E-state index in [1.165, 1.54) is 48.9 Å². The van der Waals surface area contributed by atoms with E-state index in [9.17, 15) is 0 Å². The Morgan fingerprint density at radius 2 is 1.96 bits per heavy atom. The summed E-state index contributed by atoms with van der Waals surface area (Å²) in [4.78, 5) is 4.85. The summed E-state index contributed by atoms with van der Waals surface area (Å²) >= 11 is 0. The summed E-state index contributed by atoms with van der Waals surface area (Å²) in [6, 6.07) is 7.48. The second-order valence-electron chi connectivity index (χ2n) is 8.82. The summed E-state index contributed by atoms with van der Waals surface area (Å²) < 4.78 is 0. The van der Waals surface area contributed by atoms with Crippen LogP contribution < -0.4 is 0 Å². The minimum absolute atomic E-state index is 0.336. The fourth-order valence-electron chi connectivity index (χ4n) is 5.39. The third-order valence-electron chi connectivity index (χ3n) is 7.30. The van der Waals surface area contributed by atoms with Crippen molar-refractivity contribution in [3.63, 3.8) is 0 Å². The number of hydrogen-bond acceptors (Lipinski definition) is 2. The van der Waals surface area contributed by atoms with Crippen LogP contribution in [0.15, 0.2) is 54.9 Å². The molecule has 0 N–H and O–H groups in total. The van der Waals surface area contributed by atoms with Crippen LogP contribution in [0.2, 0.25) is 0 Å². The van der Waals surface area contributed by atoms with Crippen molar-refractivity contribution in [3.05, 3.63) is 71.6 Å². The summed E-state index contributed by atoms with van der Waals surface area (Å²) in [5.74, 6) is 0. The Morgan fingerprint density at radius 1 is 1.25 bits per heavy atom. The summed E-state index contributed by atoms with van der Waals surface area (Å²) in [6.45, 7) is 17.3. The highest BCUT2D eigenvalue weighted by molar-refractivity contribution is 5.40. The zero-order valence-corrected chi connectivity index (χ0v) is 18.4. The van der Waals surface area contributed by atoms with Crippen LogP contribution in [0.3, 0.4) is 0 Å². The van der Waals surface area contributed by atoms with Gasteiger partial charge in [-0.25, -0.2) is 0 Å². The Hall–Kier alpha value is -1.96. The molecule has 0 bridgehead atoms. The molecule has 2 nitrogen and oxygen atoms in total. The summed E-state index contributed by atoms with van der Waals surface area (Å²) in [6.07, 6.45) is 11.7. The Kier molecular flexibility index (Phi) is 6.37. The number of aryl methyl sites for hydroxylation is 1. The molecular weight excluding hydrogens is 340 g/mol. The molecule has 1 saturated carbocycles. The van der Waals surface area contributed by atoms with Gasteiger partial charge in [0.2, 0.25) is 0 Å². The van der Waals surface area contributed by atoms with Gasteiger partial charge in [-0.2, -0.15) is 0 Å². The molecule has 2 heteroatoms. The molecule has 1 atom stereocenters. The van der Waals surface area contributed by atoms with Crippen LogP contribution in [0.1, 0.15) is 62.6 Å². The van der Waals surface area contributed by atoms with Crippen LogP contribution in [0.5, 0.6) is 0 Å². The van der Waals surface area contributed by atoms with E-state index in [1.54, 1.807) is 5.56 Å². The topological polar surface area (TPSA) is 6.48 Å². The molecule has 0 amide bonds. The van der Waals surface area contributed by atoms with Gasteiger partial charge in [0, 0.05) is 26.2 Å². The molecule has 1 saturated heterocycles. The summed E-state index contributed by atoms with van der Waals surface area (Å²) in [5.41, 5.74) is 7.34. The molecule has 1 aromatic carbocycles. The lowest BCUT2D eigenvalue weighted by Gasteiger charge is -2.45. The highest BCUT2D eigenvalue weighted by Crippen LogP contribution is 2.46. The molecule has 1 heterocycles. The molecule has 1 aliphatic carbocycles. The number of benzene rings is 1. The smallest absolute Gasteiger partial charge is 0.0598 e. The third-order valence-corrected chi connectivity index (χ3v) is 7.30. The summed E-state index contributed by atoms with van der Waals surface area (Å²) in [7, 11) is 2.15. The Bertz CT molecular complexity index is 752. The monoisotopic (exact) mass is 378 g/mol. The quantitative estimate of drug-likeness (QED) is 0.601. The van der Waals surface area contributed by atoms with E-state index in [4.69, 9.17) is 0 Å². The first kappa shape index (κ1) is 20.8. The van der Waals surface area contributed by atoms with E-state index in [0.717, 1.165) is 25.2 Å². The van der Waals surface area contributed by atoms with Gasteiger partial charge in [0.25, 0.3) is 0 Å². The molecule has 0 spiro atoms. The Morgan fingerprint density at radius 3 is 2.61 bits per heavy atom. The van der Waals surface area contributed by atoms with Crippen molar-refractivity contribution in [1.82, 2.24) is 9.80 Å². The van der Waals surface area contributed by atoms with Gasteiger partial charge in [-0.3, -0.25) is 0 Å². The summed E-state index contributed by atoms with van der Waals surface area (Å²) in [5, 5.41) is 0. The lowest BCUT2D eigenvalue weighted by Crippen LogP contribution is -2.48. The van der Waals surface area contributed by atoms with E-state index in [2.05, 4.69) is 75.1 Å². The van der Waals surface area contributed by atoms with Gasteiger partial charge in [-0.15, -0.1) is 0 Å². The number of hydrogen-bond donors (Lipinski definition) is 0. The van der Waals surface area contributed by atoms with E-state index in [1.807, 2.05) is 6.08 Å². The van der Waals surface area contributed by atoms with Crippen LogP contribution in [-0.2, 0) is 11.8 Å². The molecule has 3 rings (SSSR count). The first-order valence-corrected chi connectivity index (χ1v) is 11.0. The van der Waals surface area contributed by atoms with Gasteiger partial charge >= 0.3 is 0 Å². The van der Waals surface area contributed by atoms with Gasteiger partial charge in [-0.05, 0) is 67.7 Å². The molecule has 0 radical (unpaired) electrons. The maximum absolute atomic E-state index is 4.36. The standard InChI is InChI=1S/C26H38N2/c1-7-12-25-22(5)27(6)20(3)19-28(25)18-17-26(15-9-10-16-26)24-14-11-13-23(8-2)21(24)4/h7,11-14,20H,1,5,8-10,15-19H2,2-4,6H3/b25-12-. The number of allylic oxidation sites excluding steroid dienone is 2. The zero-order valence-electron chi connectivity index (χ0n) is 18.4. The molecule has 152 valence electrons. The molecule has 1 aromatic rings. The van der Waals surface area contributed by atoms with Gasteiger partial charge in [-0.1, -0.05) is 57.2 Å². The number of likely N-dealkylation sites (N-methyl/N-ethyl adjacent to an activating group) is 1. The molecule has 2 aliphatic rings. The van der Waals surface area contributed by atoms with Crippen LogP contribution in [0.25, 0.3) is 0 Å². The zero-order chi connectivity index (χ0) is 20.3. The van der Waals surface area contributed by atoms with Crippen molar-refractivity contribution < 1.29 is 0 Å². The van der Waals surface area contributed by atoms with Crippen LogP contribution in [0, 0.1) is 6.92 Å².